The van der Waals surface area contributed by atoms with Crippen LogP contribution in [0.3, 0.4) is 0 Å². The number of aliphatic hydroxyl groups is 1. The van der Waals surface area contributed by atoms with E-state index in [-0.39, 0.29) is 23.4 Å². The van der Waals surface area contributed by atoms with Crippen LogP contribution in [0.25, 0.3) is 0 Å². The Kier molecular flexibility index (Phi) is 7.06. The lowest BCUT2D eigenvalue weighted by molar-refractivity contribution is -0.133. The molecule has 1 saturated carbocycles. The number of hydrogen-bond acceptors (Lipinski definition) is 4. The zero-order chi connectivity index (χ0) is 21.9. The summed E-state index contributed by atoms with van der Waals surface area (Å²) in [6, 6.07) is 12.7. The number of halogens is 1. The molecule has 6 nitrogen and oxygen atoms in total. The molecule has 1 aliphatic rings. The van der Waals surface area contributed by atoms with Gasteiger partial charge in [-0.2, -0.15) is 0 Å². The van der Waals surface area contributed by atoms with Gasteiger partial charge < -0.3 is 10.0 Å². The Morgan fingerprint density at radius 1 is 1.10 bits per heavy atom. The van der Waals surface area contributed by atoms with Gasteiger partial charge in [0, 0.05) is 12.1 Å². The van der Waals surface area contributed by atoms with Crippen molar-refractivity contribution in [1.29, 1.82) is 0 Å². The molecule has 0 bridgehead atoms. The predicted molar refractivity (Wildman–Crippen MR) is 118 cm³/mol. The summed E-state index contributed by atoms with van der Waals surface area (Å²) in [6.07, 6.45) is 2.60. The third-order valence-electron chi connectivity index (χ3n) is 5.70. The summed E-state index contributed by atoms with van der Waals surface area (Å²) < 4.78 is 28.0. The third kappa shape index (κ3) is 4.63. The Morgan fingerprint density at radius 3 is 2.43 bits per heavy atom. The number of anilines is 1. The van der Waals surface area contributed by atoms with Crippen LogP contribution in [0.2, 0.25) is 5.02 Å². The molecule has 0 saturated heterocycles. The van der Waals surface area contributed by atoms with E-state index >= 15 is 0 Å². The van der Waals surface area contributed by atoms with E-state index in [1.807, 2.05) is 0 Å². The molecule has 8 heteroatoms. The standard InChI is InChI=1S/C22H27ClN2O4S/c1-16-18(23)11-8-13-19(16)25(30(28,29)17-9-4-3-5-10-17)15-22(27)24(2)20-12-6-7-14-21(20)26/h3-5,8-11,13,20-21,26H,6-7,12,14-15H2,1-2H3. The molecule has 0 aromatic heterocycles. The highest BCUT2D eigenvalue weighted by Gasteiger charge is 2.33. The summed E-state index contributed by atoms with van der Waals surface area (Å²) in [4.78, 5) is 14.7. The fourth-order valence-electron chi connectivity index (χ4n) is 3.85. The van der Waals surface area contributed by atoms with Gasteiger partial charge in [-0.05, 0) is 49.6 Å². The van der Waals surface area contributed by atoms with Crippen molar-refractivity contribution in [2.45, 2.75) is 49.6 Å². The highest BCUT2D eigenvalue weighted by Crippen LogP contribution is 2.31. The minimum absolute atomic E-state index is 0.0949. The van der Waals surface area contributed by atoms with Crippen LogP contribution < -0.4 is 4.31 Å². The molecule has 0 radical (unpaired) electrons. The Hall–Kier alpha value is -2.09. The largest absolute Gasteiger partial charge is 0.391 e. The molecule has 162 valence electrons. The molecule has 1 amide bonds. The summed E-state index contributed by atoms with van der Waals surface area (Å²) in [5.41, 5.74) is 0.934. The van der Waals surface area contributed by atoms with Crippen LogP contribution in [0.4, 0.5) is 5.69 Å². The zero-order valence-electron chi connectivity index (χ0n) is 17.2. The number of benzene rings is 2. The molecule has 0 heterocycles. The van der Waals surface area contributed by atoms with Crippen molar-refractivity contribution < 1.29 is 18.3 Å². The second-order valence-electron chi connectivity index (χ2n) is 7.63. The first-order chi connectivity index (χ1) is 14.2. The van der Waals surface area contributed by atoms with Crippen LogP contribution in [0.1, 0.15) is 31.2 Å². The third-order valence-corrected chi connectivity index (χ3v) is 7.89. The fourth-order valence-corrected chi connectivity index (χ4v) is 5.51. The van der Waals surface area contributed by atoms with Crippen LogP contribution >= 0.6 is 11.6 Å². The topological polar surface area (TPSA) is 77.9 Å². The van der Waals surface area contributed by atoms with Crippen LogP contribution in [0.15, 0.2) is 53.4 Å². The summed E-state index contributed by atoms with van der Waals surface area (Å²) in [6.45, 7) is 1.35. The minimum atomic E-state index is -4.00. The van der Waals surface area contributed by atoms with Gasteiger partial charge in [0.25, 0.3) is 10.0 Å². The lowest BCUT2D eigenvalue weighted by Crippen LogP contribution is -2.50. The maximum absolute atomic E-state index is 13.5. The number of rotatable bonds is 6. The quantitative estimate of drug-likeness (QED) is 0.729. The maximum atomic E-state index is 13.5. The van der Waals surface area contributed by atoms with Crippen LogP contribution in [-0.2, 0) is 14.8 Å². The lowest BCUT2D eigenvalue weighted by atomic mass is 9.91. The van der Waals surface area contributed by atoms with Crippen LogP contribution in [0.5, 0.6) is 0 Å². The van der Waals surface area contributed by atoms with Gasteiger partial charge in [-0.1, -0.05) is 48.7 Å². The smallest absolute Gasteiger partial charge is 0.264 e. The molecule has 0 spiro atoms. The number of sulfonamides is 1. The molecule has 2 aromatic carbocycles. The first kappa shape index (κ1) is 22.6. The van der Waals surface area contributed by atoms with E-state index < -0.39 is 16.1 Å². The predicted octanol–water partition coefficient (Wildman–Crippen LogP) is 3.61. The molecular weight excluding hydrogens is 424 g/mol. The monoisotopic (exact) mass is 450 g/mol. The van der Waals surface area contributed by atoms with Crippen molar-refractivity contribution in [3.05, 3.63) is 59.1 Å². The normalized spacial score (nSPS) is 19.3. The van der Waals surface area contributed by atoms with Gasteiger partial charge in [0.1, 0.15) is 6.54 Å². The summed E-state index contributed by atoms with van der Waals surface area (Å²) in [5, 5.41) is 10.7. The average Bonchev–Trinajstić information content (AvgIpc) is 2.74. The first-order valence-electron chi connectivity index (χ1n) is 10.00. The van der Waals surface area contributed by atoms with E-state index in [1.165, 1.54) is 17.0 Å². The summed E-state index contributed by atoms with van der Waals surface area (Å²) in [5.74, 6) is -0.375. The average molecular weight is 451 g/mol. The van der Waals surface area contributed by atoms with Gasteiger partial charge in [-0.25, -0.2) is 8.42 Å². The van der Waals surface area contributed by atoms with Crippen molar-refractivity contribution in [2.75, 3.05) is 17.9 Å². The first-order valence-corrected chi connectivity index (χ1v) is 11.8. The number of aliphatic hydroxyl groups excluding tert-OH is 1. The van der Waals surface area contributed by atoms with E-state index in [0.717, 1.165) is 17.1 Å². The molecular formula is C22H27ClN2O4S. The van der Waals surface area contributed by atoms with E-state index in [1.54, 1.807) is 50.4 Å². The van der Waals surface area contributed by atoms with Crippen LogP contribution in [-0.4, -0.2) is 50.1 Å². The molecule has 2 atom stereocenters. The van der Waals surface area contributed by atoms with Gasteiger partial charge in [0.2, 0.25) is 5.91 Å². The second kappa shape index (κ2) is 9.37. The SMILES string of the molecule is Cc1c(Cl)cccc1N(CC(=O)N(C)C1CCCCC1O)S(=O)(=O)c1ccccc1. The van der Waals surface area contributed by atoms with E-state index in [2.05, 4.69) is 0 Å². The van der Waals surface area contributed by atoms with Crippen molar-refractivity contribution in [2.24, 2.45) is 0 Å². The molecule has 3 rings (SSSR count). The van der Waals surface area contributed by atoms with Gasteiger partial charge >= 0.3 is 0 Å². The highest BCUT2D eigenvalue weighted by molar-refractivity contribution is 7.92. The van der Waals surface area contributed by atoms with Crippen molar-refractivity contribution in [3.63, 3.8) is 0 Å². The maximum Gasteiger partial charge on any atom is 0.264 e. The summed E-state index contributed by atoms with van der Waals surface area (Å²) >= 11 is 6.24. The summed E-state index contributed by atoms with van der Waals surface area (Å²) in [7, 11) is -2.38. The Bertz CT molecular complexity index is 997. The molecule has 2 aromatic rings. The van der Waals surface area contributed by atoms with Gasteiger partial charge in [0.15, 0.2) is 0 Å². The second-order valence-corrected chi connectivity index (χ2v) is 9.90. The minimum Gasteiger partial charge on any atom is -0.391 e. The number of carbonyl (C=O) groups excluding carboxylic acids is 1. The van der Waals surface area contributed by atoms with Gasteiger partial charge in [-0.3, -0.25) is 9.10 Å². The molecule has 1 aliphatic carbocycles. The van der Waals surface area contributed by atoms with Gasteiger partial charge in [-0.15, -0.1) is 0 Å². The van der Waals surface area contributed by atoms with Crippen molar-refractivity contribution in [1.82, 2.24) is 4.90 Å². The number of carbonyl (C=O) groups is 1. The molecule has 0 aliphatic heterocycles. The van der Waals surface area contributed by atoms with E-state index in [4.69, 9.17) is 11.6 Å². The van der Waals surface area contributed by atoms with E-state index in [0.29, 0.717) is 29.1 Å². The number of amides is 1. The molecule has 2 unspecified atom stereocenters. The molecule has 30 heavy (non-hydrogen) atoms. The van der Waals surface area contributed by atoms with Crippen molar-refractivity contribution in [3.8, 4) is 0 Å². The molecule has 1 fully saturated rings. The van der Waals surface area contributed by atoms with Gasteiger partial charge in [0.05, 0.1) is 22.7 Å². The van der Waals surface area contributed by atoms with Crippen LogP contribution in [0, 0.1) is 6.92 Å². The van der Waals surface area contributed by atoms with E-state index in [9.17, 15) is 18.3 Å². The molecule has 1 N–H and O–H groups in total. The number of likely N-dealkylation sites (N-methyl/N-ethyl adjacent to an activating group) is 1. The Morgan fingerprint density at radius 2 is 1.77 bits per heavy atom. The number of hydrogen-bond donors (Lipinski definition) is 1. The zero-order valence-corrected chi connectivity index (χ0v) is 18.7. The lowest BCUT2D eigenvalue weighted by Gasteiger charge is -2.36. The Labute approximate surface area is 183 Å². The van der Waals surface area contributed by atoms with Crippen molar-refractivity contribution >= 4 is 33.2 Å². The number of nitrogens with zero attached hydrogens (tertiary/aromatic N) is 2. The highest BCUT2D eigenvalue weighted by atomic mass is 35.5. The Balaban J connectivity index is 1.98. The fraction of sp³-hybridized carbons (Fsp3) is 0.409.